The van der Waals surface area contributed by atoms with Gasteiger partial charge in [-0.05, 0) is 42.3 Å². The number of rotatable bonds is 3. The smallest absolute Gasteiger partial charge is 0.270 e. The topological polar surface area (TPSA) is 63.5 Å². The highest BCUT2D eigenvalue weighted by molar-refractivity contribution is 5.93. The summed E-state index contributed by atoms with van der Waals surface area (Å²) in [5, 5.41) is 2.64. The van der Waals surface area contributed by atoms with E-state index in [1.165, 1.54) is 22.7 Å². The number of pyridine rings is 1. The summed E-state index contributed by atoms with van der Waals surface area (Å²) in [5.74, 6) is -0.853. The molecule has 0 radical (unpaired) electrons. The zero-order chi connectivity index (χ0) is 16.4. The zero-order valence-electron chi connectivity index (χ0n) is 12.4. The average Bonchev–Trinajstić information content (AvgIpc) is 2.54. The van der Waals surface area contributed by atoms with Crippen LogP contribution in [0.4, 0.5) is 4.39 Å². The molecule has 0 spiro atoms. The van der Waals surface area contributed by atoms with Gasteiger partial charge in [0.15, 0.2) is 0 Å². The maximum absolute atomic E-state index is 12.8. The highest BCUT2D eigenvalue weighted by atomic mass is 19.1. The number of carbonyl (C=O) groups excluding carboxylic acids is 1. The van der Waals surface area contributed by atoms with E-state index in [1.807, 2.05) is 6.92 Å². The van der Waals surface area contributed by atoms with Crippen LogP contribution in [0.25, 0.3) is 5.65 Å². The Bertz CT molecular complexity index is 933. The van der Waals surface area contributed by atoms with Crippen LogP contribution in [0.15, 0.2) is 53.6 Å². The van der Waals surface area contributed by atoms with Crippen molar-refractivity contribution in [2.45, 2.75) is 13.5 Å². The average molecular weight is 311 g/mol. The van der Waals surface area contributed by atoms with Crippen LogP contribution in [-0.2, 0) is 6.54 Å². The van der Waals surface area contributed by atoms with Gasteiger partial charge in [-0.25, -0.2) is 9.37 Å². The second kappa shape index (κ2) is 6.00. The molecule has 0 fully saturated rings. The molecule has 1 N–H and O–H groups in total. The zero-order valence-corrected chi connectivity index (χ0v) is 12.4. The fraction of sp³-hybridized carbons (Fsp3) is 0.118. The molecule has 1 aromatic carbocycles. The molecule has 0 atom stereocenters. The molecule has 5 nitrogen and oxygen atoms in total. The van der Waals surface area contributed by atoms with Crippen molar-refractivity contribution in [3.8, 4) is 0 Å². The molecule has 0 aliphatic heterocycles. The number of benzene rings is 1. The summed E-state index contributed by atoms with van der Waals surface area (Å²) >= 11 is 0. The molecule has 1 amide bonds. The van der Waals surface area contributed by atoms with Crippen molar-refractivity contribution in [3.05, 3.63) is 81.7 Å². The van der Waals surface area contributed by atoms with E-state index < -0.39 is 11.5 Å². The van der Waals surface area contributed by atoms with E-state index in [9.17, 15) is 14.0 Å². The minimum atomic E-state index is -0.512. The van der Waals surface area contributed by atoms with Crippen LogP contribution in [-0.4, -0.2) is 15.3 Å². The van der Waals surface area contributed by atoms with Gasteiger partial charge in [-0.15, -0.1) is 0 Å². The predicted molar refractivity (Wildman–Crippen MR) is 83.8 cm³/mol. The lowest BCUT2D eigenvalue weighted by molar-refractivity contribution is 0.0949. The van der Waals surface area contributed by atoms with Crippen LogP contribution in [0.5, 0.6) is 0 Å². The number of nitrogens with zero attached hydrogens (tertiary/aromatic N) is 2. The Morgan fingerprint density at radius 1 is 1.26 bits per heavy atom. The summed E-state index contributed by atoms with van der Waals surface area (Å²) in [7, 11) is 0. The normalized spacial score (nSPS) is 10.7. The molecule has 6 heteroatoms. The van der Waals surface area contributed by atoms with Crippen molar-refractivity contribution in [2.24, 2.45) is 0 Å². The van der Waals surface area contributed by atoms with Crippen LogP contribution < -0.4 is 10.9 Å². The van der Waals surface area contributed by atoms with Gasteiger partial charge in [0.05, 0.1) is 0 Å². The van der Waals surface area contributed by atoms with Gasteiger partial charge in [0.1, 0.15) is 17.0 Å². The van der Waals surface area contributed by atoms with Crippen LogP contribution in [0, 0.1) is 12.7 Å². The lowest BCUT2D eigenvalue weighted by Gasteiger charge is -2.07. The summed E-state index contributed by atoms with van der Waals surface area (Å²) < 4.78 is 14.2. The van der Waals surface area contributed by atoms with Crippen LogP contribution in [0.3, 0.4) is 0 Å². The molecular weight excluding hydrogens is 297 g/mol. The third-order valence-corrected chi connectivity index (χ3v) is 3.48. The standard InChI is InChI=1S/C17H14FN3O2/c1-11-6-7-21-15(8-11)19-10-14(17(21)23)16(22)20-9-12-2-4-13(18)5-3-12/h2-8,10H,9H2,1H3,(H,20,22). The Kier molecular flexibility index (Phi) is 3.89. The van der Waals surface area contributed by atoms with Crippen molar-refractivity contribution in [1.29, 1.82) is 0 Å². The van der Waals surface area contributed by atoms with Crippen molar-refractivity contribution < 1.29 is 9.18 Å². The minimum Gasteiger partial charge on any atom is -0.348 e. The minimum absolute atomic E-state index is 0.0338. The number of hydrogen-bond acceptors (Lipinski definition) is 3. The second-order valence-corrected chi connectivity index (χ2v) is 5.22. The number of fused-ring (bicyclic) bond motifs is 1. The van der Waals surface area contributed by atoms with E-state index in [0.29, 0.717) is 5.65 Å². The first-order valence-corrected chi connectivity index (χ1v) is 7.05. The molecular formula is C17H14FN3O2. The number of aromatic nitrogens is 2. The van der Waals surface area contributed by atoms with Gasteiger partial charge in [0, 0.05) is 18.9 Å². The fourth-order valence-electron chi connectivity index (χ4n) is 2.21. The molecule has 0 saturated carbocycles. The molecule has 23 heavy (non-hydrogen) atoms. The summed E-state index contributed by atoms with van der Waals surface area (Å²) in [4.78, 5) is 28.7. The fourth-order valence-corrected chi connectivity index (χ4v) is 2.21. The molecule has 0 aliphatic carbocycles. The molecule has 0 aliphatic rings. The van der Waals surface area contributed by atoms with Crippen molar-refractivity contribution in [1.82, 2.24) is 14.7 Å². The van der Waals surface area contributed by atoms with E-state index in [-0.39, 0.29) is 17.9 Å². The highest BCUT2D eigenvalue weighted by Crippen LogP contribution is 2.04. The number of carbonyl (C=O) groups is 1. The van der Waals surface area contributed by atoms with E-state index in [0.717, 1.165) is 11.1 Å². The molecule has 116 valence electrons. The highest BCUT2D eigenvalue weighted by Gasteiger charge is 2.13. The summed E-state index contributed by atoms with van der Waals surface area (Å²) in [5.41, 5.74) is 1.75. The van der Waals surface area contributed by atoms with Gasteiger partial charge in [0.25, 0.3) is 11.5 Å². The Hall–Kier alpha value is -3.02. The number of nitrogens with one attached hydrogen (secondary N) is 1. The predicted octanol–water partition coefficient (Wildman–Crippen LogP) is 2.07. The molecule has 2 aromatic heterocycles. The van der Waals surface area contributed by atoms with Crippen LogP contribution >= 0.6 is 0 Å². The third kappa shape index (κ3) is 3.11. The van der Waals surface area contributed by atoms with E-state index in [4.69, 9.17) is 0 Å². The summed E-state index contributed by atoms with van der Waals surface area (Å²) in [6.07, 6.45) is 2.87. The van der Waals surface area contributed by atoms with Gasteiger partial charge in [-0.1, -0.05) is 12.1 Å². The van der Waals surface area contributed by atoms with Crippen molar-refractivity contribution in [2.75, 3.05) is 0 Å². The maximum atomic E-state index is 12.8. The second-order valence-electron chi connectivity index (χ2n) is 5.22. The first kappa shape index (κ1) is 14.9. The summed E-state index contributed by atoms with van der Waals surface area (Å²) in [6.45, 7) is 2.10. The monoisotopic (exact) mass is 311 g/mol. The number of aryl methyl sites for hydroxylation is 1. The molecule has 0 unspecified atom stereocenters. The van der Waals surface area contributed by atoms with Crippen molar-refractivity contribution in [3.63, 3.8) is 0 Å². The molecule has 3 aromatic rings. The third-order valence-electron chi connectivity index (χ3n) is 3.48. The van der Waals surface area contributed by atoms with Crippen LogP contribution in [0.2, 0.25) is 0 Å². The Morgan fingerprint density at radius 2 is 2.00 bits per heavy atom. The SMILES string of the molecule is Cc1ccn2c(=O)c(C(=O)NCc3ccc(F)cc3)cnc2c1. The van der Waals surface area contributed by atoms with E-state index in [2.05, 4.69) is 10.3 Å². The lowest BCUT2D eigenvalue weighted by Crippen LogP contribution is -2.31. The first-order chi connectivity index (χ1) is 11.0. The molecule has 2 heterocycles. The van der Waals surface area contributed by atoms with E-state index in [1.54, 1.807) is 30.5 Å². The first-order valence-electron chi connectivity index (χ1n) is 7.05. The van der Waals surface area contributed by atoms with Gasteiger partial charge in [0.2, 0.25) is 0 Å². The van der Waals surface area contributed by atoms with Crippen LogP contribution in [0.1, 0.15) is 21.5 Å². The molecule has 0 bridgehead atoms. The Balaban J connectivity index is 1.83. The molecule has 3 rings (SSSR count). The maximum Gasteiger partial charge on any atom is 0.270 e. The number of amides is 1. The Morgan fingerprint density at radius 3 is 2.74 bits per heavy atom. The summed E-state index contributed by atoms with van der Waals surface area (Å²) in [6, 6.07) is 9.32. The van der Waals surface area contributed by atoms with Gasteiger partial charge < -0.3 is 5.32 Å². The van der Waals surface area contributed by atoms with Gasteiger partial charge >= 0.3 is 0 Å². The quantitative estimate of drug-likeness (QED) is 0.805. The molecule has 0 saturated heterocycles. The largest absolute Gasteiger partial charge is 0.348 e. The number of halogens is 1. The van der Waals surface area contributed by atoms with Gasteiger partial charge in [-0.3, -0.25) is 14.0 Å². The Labute approximate surface area is 131 Å². The number of hydrogen-bond donors (Lipinski definition) is 1. The van der Waals surface area contributed by atoms with Crippen molar-refractivity contribution >= 4 is 11.6 Å². The lowest BCUT2D eigenvalue weighted by atomic mass is 10.2. The van der Waals surface area contributed by atoms with Gasteiger partial charge in [-0.2, -0.15) is 0 Å². The van der Waals surface area contributed by atoms with E-state index >= 15 is 0 Å².